The van der Waals surface area contributed by atoms with E-state index in [4.69, 9.17) is 0 Å². The maximum absolute atomic E-state index is 12.4. The molecule has 6 heteroatoms. The molecule has 0 aliphatic heterocycles. The number of ether oxygens (including phenoxy) is 1. The zero-order valence-corrected chi connectivity index (χ0v) is 11.8. The SMILES string of the molecule is COC(=O)c1cnc(N(C(=O)[C@@H]2C[C@@H]2C)C2CC2)s1. The number of rotatable bonds is 4. The van der Waals surface area contributed by atoms with E-state index in [1.165, 1.54) is 24.6 Å². The van der Waals surface area contributed by atoms with Crippen LogP contribution in [0.1, 0.15) is 35.9 Å². The van der Waals surface area contributed by atoms with Gasteiger partial charge in [0.15, 0.2) is 5.13 Å². The molecule has 1 aromatic rings. The molecule has 2 atom stereocenters. The Morgan fingerprint density at radius 2 is 2.16 bits per heavy atom. The molecular formula is C13H16N2O3S. The van der Waals surface area contributed by atoms with E-state index in [-0.39, 0.29) is 17.9 Å². The lowest BCUT2D eigenvalue weighted by Crippen LogP contribution is -2.34. The zero-order chi connectivity index (χ0) is 13.6. The maximum atomic E-state index is 12.4. The number of anilines is 1. The van der Waals surface area contributed by atoms with Crippen LogP contribution >= 0.6 is 11.3 Å². The summed E-state index contributed by atoms with van der Waals surface area (Å²) in [5.74, 6) is 0.396. The number of amides is 1. The molecule has 5 nitrogen and oxygen atoms in total. The Morgan fingerprint density at radius 1 is 1.47 bits per heavy atom. The van der Waals surface area contributed by atoms with Crippen LogP contribution in [0.25, 0.3) is 0 Å². The van der Waals surface area contributed by atoms with Crippen molar-refractivity contribution in [1.82, 2.24) is 4.98 Å². The molecule has 0 radical (unpaired) electrons. The first-order valence-electron chi connectivity index (χ1n) is 6.49. The summed E-state index contributed by atoms with van der Waals surface area (Å²) in [5.41, 5.74) is 0. The Morgan fingerprint density at radius 3 is 2.68 bits per heavy atom. The standard InChI is InChI=1S/C13H16N2O3S/c1-7-5-9(7)11(16)15(8-3-4-8)13-14-6-10(19-13)12(17)18-2/h6-9H,3-5H2,1-2H3/t7-,9+/m0/s1. The molecule has 102 valence electrons. The molecule has 2 aliphatic carbocycles. The molecule has 0 saturated heterocycles. The van der Waals surface area contributed by atoms with Gasteiger partial charge in [-0.2, -0.15) is 0 Å². The van der Waals surface area contributed by atoms with E-state index < -0.39 is 5.97 Å². The fourth-order valence-corrected chi connectivity index (χ4v) is 3.09. The fourth-order valence-electron chi connectivity index (χ4n) is 2.18. The number of thiazole rings is 1. The van der Waals surface area contributed by atoms with Crippen LogP contribution in [0.3, 0.4) is 0 Å². The quantitative estimate of drug-likeness (QED) is 0.792. The first-order chi connectivity index (χ1) is 9.11. The third-order valence-corrected chi connectivity index (χ3v) is 4.64. The highest BCUT2D eigenvalue weighted by Crippen LogP contribution is 2.43. The lowest BCUT2D eigenvalue weighted by Gasteiger charge is -2.19. The molecule has 0 N–H and O–H groups in total. The topological polar surface area (TPSA) is 59.5 Å². The number of methoxy groups -OCH3 is 1. The molecule has 0 bridgehead atoms. The molecule has 3 rings (SSSR count). The average Bonchev–Trinajstić information content (AvgIpc) is 3.30. The fraction of sp³-hybridized carbons (Fsp3) is 0.615. The molecule has 0 unspecified atom stereocenters. The van der Waals surface area contributed by atoms with Gasteiger partial charge in [0.25, 0.3) is 0 Å². The zero-order valence-electron chi connectivity index (χ0n) is 11.0. The van der Waals surface area contributed by atoms with Crippen molar-refractivity contribution < 1.29 is 14.3 Å². The summed E-state index contributed by atoms with van der Waals surface area (Å²) in [4.78, 5) is 30.3. The smallest absolute Gasteiger partial charge is 0.349 e. The highest BCUT2D eigenvalue weighted by molar-refractivity contribution is 7.17. The van der Waals surface area contributed by atoms with E-state index in [9.17, 15) is 9.59 Å². The molecule has 1 aromatic heterocycles. The van der Waals surface area contributed by atoms with E-state index in [2.05, 4.69) is 16.6 Å². The molecular weight excluding hydrogens is 264 g/mol. The van der Waals surface area contributed by atoms with E-state index in [1.807, 2.05) is 0 Å². The third kappa shape index (κ3) is 2.36. The van der Waals surface area contributed by atoms with E-state index >= 15 is 0 Å². The second-order valence-corrected chi connectivity index (χ2v) is 6.27. The van der Waals surface area contributed by atoms with Gasteiger partial charge < -0.3 is 4.74 Å². The number of nitrogens with zero attached hydrogens (tertiary/aromatic N) is 2. The third-order valence-electron chi connectivity index (χ3n) is 3.66. The Balaban J connectivity index is 1.82. The van der Waals surface area contributed by atoms with Gasteiger partial charge in [-0.15, -0.1) is 0 Å². The average molecular weight is 280 g/mol. The number of hydrogen-bond donors (Lipinski definition) is 0. The number of esters is 1. The highest BCUT2D eigenvalue weighted by Gasteiger charge is 2.46. The second kappa shape index (κ2) is 4.59. The van der Waals surface area contributed by atoms with Crippen LogP contribution in [0.5, 0.6) is 0 Å². The molecule has 0 spiro atoms. The van der Waals surface area contributed by atoms with Crippen molar-refractivity contribution in [2.75, 3.05) is 12.0 Å². The molecule has 2 saturated carbocycles. The monoisotopic (exact) mass is 280 g/mol. The van der Waals surface area contributed by atoms with Crippen molar-refractivity contribution in [3.8, 4) is 0 Å². The minimum Gasteiger partial charge on any atom is -0.465 e. The lowest BCUT2D eigenvalue weighted by atomic mass is 10.3. The molecule has 1 heterocycles. The van der Waals surface area contributed by atoms with Gasteiger partial charge in [0.2, 0.25) is 5.91 Å². The minimum atomic E-state index is -0.397. The van der Waals surface area contributed by atoms with Crippen LogP contribution in [-0.4, -0.2) is 30.0 Å². The Hall–Kier alpha value is -1.43. The maximum Gasteiger partial charge on any atom is 0.349 e. The highest BCUT2D eigenvalue weighted by atomic mass is 32.1. The van der Waals surface area contributed by atoms with Crippen molar-refractivity contribution in [3.63, 3.8) is 0 Å². The van der Waals surface area contributed by atoms with E-state index in [0.717, 1.165) is 19.3 Å². The Bertz CT molecular complexity index is 524. The molecule has 2 aliphatic rings. The predicted octanol–water partition coefficient (Wildman–Crippen LogP) is 2.08. The molecule has 2 fully saturated rings. The molecule has 1 amide bonds. The van der Waals surface area contributed by atoms with Crippen LogP contribution in [0.2, 0.25) is 0 Å². The first-order valence-corrected chi connectivity index (χ1v) is 7.30. The summed E-state index contributed by atoms with van der Waals surface area (Å²) in [6.07, 6.45) is 4.52. The number of aromatic nitrogens is 1. The largest absolute Gasteiger partial charge is 0.465 e. The Kier molecular flexibility index (Phi) is 3.05. The summed E-state index contributed by atoms with van der Waals surface area (Å²) in [6, 6.07) is 0.275. The number of carbonyl (C=O) groups is 2. The van der Waals surface area contributed by atoms with Gasteiger partial charge in [0, 0.05) is 12.0 Å². The van der Waals surface area contributed by atoms with E-state index in [0.29, 0.717) is 15.9 Å². The van der Waals surface area contributed by atoms with Crippen LogP contribution in [0, 0.1) is 11.8 Å². The first kappa shape index (κ1) is 12.6. The van der Waals surface area contributed by atoms with Crippen molar-refractivity contribution >= 4 is 28.3 Å². The molecule has 0 aromatic carbocycles. The van der Waals surface area contributed by atoms with Crippen molar-refractivity contribution in [3.05, 3.63) is 11.1 Å². The Labute approximate surface area is 115 Å². The van der Waals surface area contributed by atoms with Gasteiger partial charge in [0.05, 0.1) is 13.3 Å². The normalized spacial score (nSPS) is 24.9. The minimum absolute atomic E-state index is 0.145. The van der Waals surface area contributed by atoms with Gasteiger partial charge in [-0.3, -0.25) is 9.69 Å². The second-order valence-electron chi connectivity index (χ2n) is 5.26. The van der Waals surface area contributed by atoms with Gasteiger partial charge in [-0.25, -0.2) is 9.78 Å². The van der Waals surface area contributed by atoms with Crippen molar-refractivity contribution in [2.45, 2.75) is 32.2 Å². The van der Waals surface area contributed by atoms with Crippen molar-refractivity contribution in [2.24, 2.45) is 11.8 Å². The summed E-state index contributed by atoms with van der Waals surface area (Å²) in [5, 5.41) is 0.631. The van der Waals surface area contributed by atoms with Gasteiger partial charge in [-0.1, -0.05) is 18.3 Å². The van der Waals surface area contributed by atoms with Gasteiger partial charge >= 0.3 is 5.97 Å². The lowest BCUT2D eigenvalue weighted by molar-refractivity contribution is -0.120. The number of hydrogen-bond acceptors (Lipinski definition) is 5. The predicted molar refractivity (Wildman–Crippen MR) is 71.2 cm³/mol. The van der Waals surface area contributed by atoms with Crippen LogP contribution in [-0.2, 0) is 9.53 Å². The summed E-state index contributed by atoms with van der Waals surface area (Å²) >= 11 is 1.24. The summed E-state index contributed by atoms with van der Waals surface area (Å²) < 4.78 is 4.67. The van der Waals surface area contributed by atoms with Gasteiger partial charge in [-0.05, 0) is 25.2 Å². The van der Waals surface area contributed by atoms with E-state index in [1.54, 1.807) is 4.90 Å². The summed E-state index contributed by atoms with van der Waals surface area (Å²) in [6.45, 7) is 2.09. The van der Waals surface area contributed by atoms with Crippen LogP contribution < -0.4 is 4.90 Å². The van der Waals surface area contributed by atoms with Crippen LogP contribution in [0.15, 0.2) is 6.20 Å². The van der Waals surface area contributed by atoms with Gasteiger partial charge in [0.1, 0.15) is 4.88 Å². The molecule has 19 heavy (non-hydrogen) atoms. The number of carbonyl (C=O) groups excluding carboxylic acids is 2. The summed E-state index contributed by atoms with van der Waals surface area (Å²) in [7, 11) is 1.34. The van der Waals surface area contributed by atoms with Crippen LogP contribution in [0.4, 0.5) is 5.13 Å². The van der Waals surface area contributed by atoms with Crippen molar-refractivity contribution in [1.29, 1.82) is 0 Å².